The van der Waals surface area contributed by atoms with E-state index in [1.54, 1.807) is 42.5 Å². The predicted molar refractivity (Wildman–Crippen MR) is 138 cm³/mol. The fraction of sp³-hybridized carbons (Fsp3) is 0.200. The number of carbonyl (C=O) groups excluding carboxylic acids is 4. The number of benzene rings is 3. The molecule has 0 unspecified atom stereocenters. The zero-order valence-electron chi connectivity index (χ0n) is 20.8. The Kier molecular flexibility index (Phi) is 5.09. The maximum absolute atomic E-state index is 14.0. The number of carbonyl (C=O) groups is 4. The minimum atomic E-state index is -0.903. The van der Waals surface area contributed by atoms with Crippen LogP contribution in [0.1, 0.15) is 34.5 Å². The van der Waals surface area contributed by atoms with Crippen molar-refractivity contribution >= 4 is 35.3 Å². The molecule has 4 aliphatic rings. The summed E-state index contributed by atoms with van der Waals surface area (Å²) in [6.07, 6.45) is 3.72. The number of ether oxygens (including phenoxy) is 3. The van der Waals surface area contributed by atoms with Crippen LogP contribution < -0.4 is 19.1 Å². The highest BCUT2D eigenvalue weighted by Gasteiger charge is 2.64. The number of anilines is 1. The molecule has 0 aromatic heterocycles. The van der Waals surface area contributed by atoms with Crippen molar-refractivity contribution in [3.8, 4) is 17.2 Å². The summed E-state index contributed by atoms with van der Waals surface area (Å²) in [6, 6.07) is 17.5. The van der Waals surface area contributed by atoms with Gasteiger partial charge in [-0.25, -0.2) is 4.90 Å². The van der Waals surface area contributed by atoms with Crippen molar-refractivity contribution < 1.29 is 33.4 Å². The molecule has 3 aromatic rings. The minimum Gasteiger partial charge on any atom is -0.454 e. The zero-order chi connectivity index (χ0) is 26.8. The van der Waals surface area contributed by atoms with Gasteiger partial charge in [0.05, 0.1) is 23.6 Å². The molecule has 39 heavy (non-hydrogen) atoms. The number of esters is 1. The van der Waals surface area contributed by atoms with Gasteiger partial charge in [0.2, 0.25) is 18.6 Å². The van der Waals surface area contributed by atoms with Crippen molar-refractivity contribution in [2.75, 3.05) is 11.7 Å². The fourth-order valence-corrected chi connectivity index (χ4v) is 6.16. The Morgan fingerprint density at radius 1 is 0.897 bits per heavy atom. The normalized spacial score (nSPS) is 23.9. The van der Waals surface area contributed by atoms with Crippen LogP contribution in [0.2, 0.25) is 0 Å². The Morgan fingerprint density at radius 2 is 1.64 bits per heavy atom. The Morgan fingerprint density at radius 3 is 2.44 bits per heavy atom. The quantitative estimate of drug-likeness (QED) is 0.221. The molecule has 4 atom stereocenters. The standard InChI is InChI=1S/C30H22N2O7/c1-16(33)39-20-9-6-18(7-10-20)28(34)27-25-24(26-21-5-3-2-4-17(21)12-13-31(26)27)29(35)32(30(25)36)19-8-11-22-23(14-19)38-15-37-22/h2-14,24-27H,15H2,1H3/t24-,25-,26+,27-/m0/s1. The molecule has 0 saturated carbocycles. The minimum absolute atomic E-state index is 0.0684. The molecule has 0 radical (unpaired) electrons. The summed E-state index contributed by atoms with van der Waals surface area (Å²) in [4.78, 5) is 56.5. The van der Waals surface area contributed by atoms with Crippen LogP contribution in [0, 0.1) is 11.8 Å². The Labute approximate surface area is 223 Å². The Hall–Kier alpha value is -4.92. The van der Waals surface area contributed by atoms with Crippen LogP contribution in [0.3, 0.4) is 0 Å². The van der Waals surface area contributed by atoms with Crippen molar-refractivity contribution in [2.45, 2.75) is 19.0 Å². The molecule has 0 spiro atoms. The summed E-state index contributed by atoms with van der Waals surface area (Å²) >= 11 is 0. The summed E-state index contributed by atoms with van der Waals surface area (Å²) < 4.78 is 16.0. The third-order valence-corrected chi connectivity index (χ3v) is 7.74. The topological polar surface area (TPSA) is 102 Å². The monoisotopic (exact) mass is 522 g/mol. The highest BCUT2D eigenvalue weighted by molar-refractivity contribution is 6.24. The number of hydrogen-bond acceptors (Lipinski definition) is 8. The molecule has 3 aromatic carbocycles. The second kappa shape index (κ2) is 8.56. The molecular formula is C30H22N2O7. The van der Waals surface area contributed by atoms with E-state index < -0.39 is 35.8 Å². The smallest absolute Gasteiger partial charge is 0.308 e. The number of rotatable bonds is 4. The van der Waals surface area contributed by atoms with Gasteiger partial charge in [-0.3, -0.25) is 19.2 Å². The summed E-state index contributed by atoms with van der Waals surface area (Å²) in [6.45, 7) is 1.37. The van der Waals surface area contributed by atoms with Gasteiger partial charge in [-0.05, 0) is 53.6 Å². The molecule has 0 aliphatic carbocycles. The number of fused-ring (bicyclic) bond motifs is 6. The lowest BCUT2D eigenvalue weighted by molar-refractivity contribution is -0.132. The van der Waals surface area contributed by atoms with Crippen molar-refractivity contribution in [3.63, 3.8) is 0 Å². The van der Waals surface area contributed by atoms with E-state index in [-0.39, 0.29) is 18.5 Å². The number of hydrogen-bond donors (Lipinski definition) is 0. The van der Waals surface area contributed by atoms with Crippen LogP contribution in [0.5, 0.6) is 17.2 Å². The third-order valence-electron chi connectivity index (χ3n) is 7.74. The highest BCUT2D eigenvalue weighted by Crippen LogP contribution is 2.54. The summed E-state index contributed by atoms with van der Waals surface area (Å²) in [5, 5.41) is 0. The molecule has 2 fully saturated rings. The highest BCUT2D eigenvalue weighted by atomic mass is 16.7. The van der Waals surface area contributed by atoms with Gasteiger partial charge in [0.1, 0.15) is 11.8 Å². The number of imide groups is 1. The van der Waals surface area contributed by atoms with E-state index in [1.807, 2.05) is 41.4 Å². The first-order valence-electron chi connectivity index (χ1n) is 12.6. The second-order valence-corrected chi connectivity index (χ2v) is 9.86. The molecule has 9 nitrogen and oxygen atoms in total. The molecule has 2 amide bonds. The molecule has 194 valence electrons. The number of amides is 2. The molecule has 2 saturated heterocycles. The predicted octanol–water partition coefficient (Wildman–Crippen LogP) is 3.74. The van der Waals surface area contributed by atoms with Crippen molar-refractivity contribution in [1.29, 1.82) is 0 Å². The SMILES string of the molecule is CC(=O)Oc1ccc(C(=O)[C@@H]2[C@H]3C(=O)N(c4ccc5c(c4)OCO5)C(=O)[C@@H]3[C@H]3c4ccccc4C=CN23)cc1. The van der Waals surface area contributed by atoms with Crippen molar-refractivity contribution in [2.24, 2.45) is 11.8 Å². The number of ketones is 1. The van der Waals surface area contributed by atoms with E-state index in [9.17, 15) is 19.2 Å². The Balaban J connectivity index is 1.31. The van der Waals surface area contributed by atoms with Gasteiger partial charge in [0.15, 0.2) is 17.3 Å². The van der Waals surface area contributed by atoms with Crippen LogP contribution in [0.25, 0.3) is 6.08 Å². The summed E-state index contributed by atoms with van der Waals surface area (Å²) in [5.74, 6) is -1.89. The third kappa shape index (κ3) is 3.46. The summed E-state index contributed by atoms with van der Waals surface area (Å²) in [5.41, 5.74) is 2.57. The second-order valence-electron chi connectivity index (χ2n) is 9.86. The number of Topliss-reactive ketones (excluding diaryl/α,β-unsaturated/α-hetero) is 1. The molecular weight excluding hydrogens is 500 g/mol. The maximum atomic E-state index is 14.0. The van der Waals surface area contributed by atoms with E-state index >= 15 is 0 Å². The van der Waals surface area contributed by atoms with E-state index in [0.717, 1.165) is 11.1 Å². The van der Waals surface area contributed by atoms with Gasteiger partial charge in [-0.15, -0.1) is 0 Å². The van der Waals surface area contributed by atoms with Crippen LogP contribution in [-0.4, -0.2) is 41.3 Å². The molecule has 9 heteroatoms. The largest absolute Gasteiger partial charge is 0.454 e. The van der Waals surface area contributed by atoms with Gasteiger partial charge in [-0.1, -0.05) is 24.3 Å². The molecule has 4 aliphatic heterocycles. The van der Waals surface area contributed by atoms with Crippen LogP contribution in [0.4, 0.5) is 5.69 Å². The summed E-state index contributed by atoms with van der Waals surface area (Å²) in [7, 11) is 0. The molecule has 7 rings (SSSR count). The van der Waals surface area contributed by atoms with Gasteiger partial charge >= 0.3 is 5.97 Å². The van der Waals surface area contributed by atoms with Gasteiger partial charge in [-0.2, -0.15) is 0 Å². The van der Waals surface area contributed by atoms with Crippen LogP contribution >= 0.6 is 0 Å². The lowest BCUT2D eigenvalue weighted by atomic mass is 9.83. The average Bonchev–Trinajstić information content (AvgIpc) is 3.61. The van der Waals surface area contributed by atoms with Crippen LogP contribution in [0.15, 0.2) is 72.9 Å². The van der Waals surface area contributed by atoms with Crippen molar-refractivity contribution in [1.82, 2.24) is 4.90 Å². The zero-order valence-corrected chi connectivity index (χ0v) is 20.8. The number of nitrogens with zero attached hydrogens (tertiary/aromatic N) is 2. The molecule has 4 heterocycles. The lowest BCUT2D eigenvalue weighted by Crippen LogP contribution is -2.44. The first-order chi connectivity index (χ1) is 18.9. The molecule has 0 N–H and O–H groups in total. The molecule has 0 bridgehead atoms. The van der Waals surface area contributed by atoms with Crippen molar-refractivity contribution in [3.05, 3.63) is 89.6 Å². The van der Waals surface area contributed by atoms with E-state index in [2.05, 4.69) is 0 Å². The van der Waals surface area contributed by atoms with Gasteiger partial charge in [0, 0.05) is 24.8 Å². The van der Waals surface area contributed by atoms with Crippen LogP contribution in [-0.2, 0) is 14.4 Å². The fourth-order valence-electron chi connectivity index (χ4n) is 6.16. The van der Waals surface area contributed by atoms with Gasteiger partial charge in [0.25, 0.3) is 0 Å². The van der Waals surface area contributed by atoms with E-state index in [4.69, 9.17) is 14.2 Å². The maximum Gasteiger partial charge on any atom is 0.308 e. The average molecular weight is 523 g/mol. The first-order valence-corrected chi connectivity index (χ1v) is 12.6. The van der Waals surface area contributed by atoms with Gasteiger partial charge < -0.3 is 19.1 Å². The first kappa shape index (κ1) is 23.2. The van der Waals surface area contributed by atoms with E-state index in [0.29, 0.717) is 28.5 Å². The van der Waals surface area contributed by atoms with E-state index in [1.165, 1.54) is 11.8 Å². The Bertz CT molecular complexity index is 1600. The lowest BCUT2D eigenvalue weighted by Gasteiger charge is -2.35.